The predicted octanol–water partition coefficient (Wildman–Crippen LogP) is 1.44. The van der Waals surface area contributed by atoms with Crippen molar-refractivity contribution in [1.82, 2.24) is 4.31 Å². The quantitative estimate of drug-likeness (QED) is 0.656. The molecule has 0 radical (unpaired) electrons. The van der Waals surface area contributed by atoms with Crippen molar-refractivity contribution >= 4 is 15.7 Å². The normalized spacial score (nSPS) is 15.4. The van der Waals surface area contributed by atoms with Crippen LogP contribution in [-0.2, 0) is 10.0 Å². The molecule has 1 fully saturated rings. The van der Waals surface area contributed by atoms with E-state index in [1.165, 1.54) is 16.4 Å². The number of benzene rings is 1. The average Bonchev–Trinajstić information content (AvgIpc) is 3.16. The fourth-order valence-electron chi connectivity index (χ4n) is 1.82. The van der Waals surface area contributed by atoms with E-state index in [9.17, 15) is 12.8 Å². The molecule has 0 amide bonds. The number of hydrogen-bond acceptors (Lipinski definition) is 3. The summed E-state index contributed by atoms with van der Waals surface area (Å²) in [5.41, 5.74) is 5.16. The Balaban J connectivity index is 2.38. The second-order valence-corrected chi connectivity index (χ2v) is 6.50. The maximum absolute atomic E-state index is 13.4. The summed E-state index contributed by atoms with van der Waals surface area (Å²) in [6.45, 7) is 0.331. The van der Waals surface area contributed by atoms with Crippen LogP contribution in [0.2, 0.25) is 0 Å². The number of nitrogens with zero attached hydrogens (tertiary/aromatic N) is 1. The highest BCUT2D eigenvalue weighted by Crippen LogP contribution is 2.32. The number of sulfonamides is 1. The first kappa shape index (κ1) is 13.8. The lowest BCUT2D eigenvalue weighted by molar-refractivity contribution is 0.430. The van der Waals surface area contributed by atoms with Crippen LogP contribution in [0.4, 0.5) is 10.1 Å². The summed E-state index contributed by atoms with van der Waals surface area (Å²) in [5, 5.41) is 0. The Labute approximate surface area is 112 Å². The Morgan fingerprint density at radius 2 is 2.16 bits per heavy atom. The lowest BCUT2D eigenvalue weighted by Gasteiger charge is -2.20. The molecule has 19 heavy (non-hydrogen) atoms. The molecule has 0 heterocycles. The molecule has 1 aromatic carbocycles. The lowest BCUT2D eigenvalue weighted by Crippen LogP contribution is -2.34. The molecule has 0 saturated heterocycles. The standard InChI is InChI=1S/C13H15FN2O2S/c1-2-8-16(9-10-6-7-10)19(17,18)12-5-3-4-11(14)13(12)15/h1,3-5,10H,6-9,15H2. The number of rotatable bonds is 5. The van der Waals surface area contributed by atoms with Gasteiger partial charge in [0.2, 0.25) is 10.0 Å². The van der Waals surface area contributed by atoms with Gasteiger partial charge in [0.15, 0.2) is 0 Å². The molecule has 1 aliphatic carbocycles. The highest BCUT2D eigenvalue weighted by molar-refractivity contribution is 7.89. The summed E-state index contributed by atoms with van der Waals surface area (Å²) in [6, 6.07) is 3.74. The molecule has 0 unspecified atom stereocenters. The molecule has 0 aliphatic heterocycles. The maximum atomic E-state index is 13.4. The molecule has 102 valence electrons. The largest absolute Gasteiger partial charge is 0.395 e. The molecule has 0 bridgehead atoms. The summed E-state index contributed by atoms with van der Waals surface area (Å²) in [6.07, 6.45) is 7.20. The molecule has 4 nitrogen and oxygen atoms in total. The Kier molecular flexibility index (Phi) is 3.78. The number of anilines is 1. The number of halogens is 1. The number of terminal acetylenes is 1. The van der Waals surface area contributed by atoms with Crippen molar-refractivity contribution < 1.29 is 12.8 Å². The van der Waals surface area contributed by atoms with Gasteiger partial charge in [0.1, 0.15) is 10.7 Å². The van der Waals surface area contributed by atoms with Crippen molar-refractivity contribution in [2.24, 2.45) is 5.92 Å². The smallest absolute Gasteiger partial charge is 0.246 e. The predicted molar refractivity (Wildman–Crippen MR) is 71.1 cm³/mol. The van der Waals surface area contributed by atoms with Gasteiger partial charge in [0, 0.05) is 6.54 Å². The summed E-state index contributed by atoms with van der Waals surface area (Å²) >= 11 is 0. The molecular weight excluding hydrogens is 267 g/mol. The molecule has 1 saturated carbocycles. The van der Waals surface area contributed by atoms with Crippen LogP contribution in [0.5, 0.6) is 0 Å². The number of nitrogens with two attached hydrogens (primary N) is 1. The van der Waals surface area contributed by atoms with Gasteiger partial charge < -0.3 is 5.73 Å². The van der Waals surface area contributed by atoms with Gasteiger partial charge in [-0.05, 0) is 30.9 Å². The number of nitrogen functional groups attached to an aromatic ring is 1. The minimum absolute atomic E-state index is 0.0329. The fraction of sp³-hybridized carbons (Fsp3) is 0.385. The van der Waals surface area contributed by atoms with E-state index in [4.69, 9.17) is 12.2 Å². The molecular formula is C13H15FN2O2S. The average molecular weight is 282 g/mol. The van der Waals surface area contributed by atoms with E-state index in [-0.39, 0.29) is 17.1 Å². The summed E-state index contributed by atoms with van der Waals surface area (Å²) in [4.78, 5) is -0.219. The molecule has 6 heteroatoms. The first-order chi connectivity index (χ1) is 8.96. The first-order valence-electron chi connectivity index (χ1n) is 5.94. The van der Waals surface area contributed by atoms with Gasteiger partial charge in [0.25, 0.3) is 0 Å². The van der Waals surface area contributed by atoms with Crippen LogP contribution in [0.15, 0.2) is 23.1 Å². The van der Waals surface area contributed by atoms with Crippen molar-refractivity contribution in [2.45, 2.75) is 17.7 Å². The molecule has 0 atom stereocenters. The third-order valence-electron chi connectivity index (χ3n) is 3.06. The number of hydrogen-bond donors (Lipinski definition) is 1. The highest BCUT2D eigenvalue weighted by atomic mass is 32.2. The van der Waals surface area contributed by atoms with E-state index in [1.54, 1.807) is 0 Å². The second-order valence-electron chi connectivity index (χ2n) is 4.60. The van der Waals surface area contributed by atoms with Gasteiger partial charge in [-0.1, -0.05) is 12.0 Å². The van der Waals surface area contributed by atoms with E-state index >= 15 is 0 Å². The van der Waals surface area contributed by atoms with Gasteiger partial charge in [-0.3, -0.25) is 0 Å². The van der Waals surface area contributed by atoms with E-state index in [2.05, 4.69) is 5.92 Å². The second kappa shape index (κ2) is 5.19. The van der Waals surface area contributed by atoms with Gasteiger partial charge in [-0.25, -0.2) is 12.8 Å². The van der Waals surface area contributed by atoms with Crippen LogP contribution in [0.25, 0.3) is 0 Å². The third kappa shape index (κ3) is 2.88. The van der Waals surface area contributed by atoms with E-state index in [1.807, 2.05) is 0 Å². The van der Waals surface area contributed by atoms with E-state index < -0.39 is 15.8 Å². The SMILES string of the molecule is C#CCN(CC1CC1)S(=O)(=O)c1cccc(F)c1N. The zero-order valence-corrected chi connectivity index (χ0v) is 11.2. The van der Waals surface area contributed by atoms with Crippen molar-refractivity contribution in [3.63, 3.8) is 0 Å². The Bertz CT molecular complexity index is 618. The van der Waals surface area contributed by atoms with Crippen LogP contribution in [0, 0.1) is 24.1 Å². The van der Waals surface area contributed by atoms with Gasteiger partial charge in [-0.2, -0.15) is 4.31 Å². The van der Waals surface area contributed by atoms with Crippen molar-refractivity contribution in [1.29, 1.82) is 0 Å². The zero-order valence-electron chi connectivity index (χ0n) is 10.3. The van der Waals surface area contributed by atoms with E-state index in [0.717, 1.165) is 18.9 Å². The fourth-order valence-corrected chi connectivity index (χ4v) is 3.37. The Hall–Kier alpha value is -1.58. The van der Waals surface area contributed by atoms with Crippen LogP contribution < -0.4 is 5.73 Å². The Morgan fingerprint density at radius 3 is 2.74 bits per heavy atom. The molecule has 1 aliphatic rings. The Morgan fingerprint density at radius 1 is 1.47 bits per heavy atom. The van der Waals surface area contributed by atoms with E-state index in [0.29, 0.717) is 12.5 Å². The first-order valence-corrected chi connectivity index (χ1v) is 7.38. The molecule has 0 spiro atoms. The van der Waals surface area contributed by atoms with Crippen LogP contribution in [0.1, 0.15) is 12.8 Å². The minimum atomic E-state index is -3.85. The summed E-state index contributed by atoms with van der Waals surface area (Å²) in [7, 11) is -3.85. The van der Waals surface area contributed by atoms with Crippen LogP contribution in [-0.4, -0.2) is 25.8 Å². The minimum Gasteiger partial charge on any atom is -0.395 e. The van der Waals surface area contributed by atoms with Crippen molar-refractivity contribution in [3.05, 3.63) is 24.0 Å². The molecule has 0 aromatic heterocycles. The maximum Gasteiger partial charge on any atom is 0.246 e. The van der Waals surface area contributed by atoms with Gasteiger partial charge in [-0.15, -0.1) is 6.42 Å². The highest BCUT2D eigenvalue weighted by Gasteiger charge is 2.32. The molecule has 1 aromatic rings. The molecule has 2 rings (SSSR count). The van der Waals surface area contributed by atoms with Gasteiger partial charge in [0.05, 0.1) is 12.2 Å². The summed E-state index contributed by atoms with van der Waals surface area (Å²) < 4.78 is 39.5. The lowest BCUT2D eigenvalue weighted by atomic mass is 10.3. The van der Waals surface area contributed by atoms with Crippen LogP contribution >= 0.6 is 0 Å². The van der Waals surface area contributed by atoms with Gasteiger partial charge >= 0.3 is 0 Å². The van der Waals surface area contributed by atoms with Crippen LogP contribution in [0.3, 0.4) is 0 Å². The van der Waals surface area contributed by atoms with Crippen molar-refractivity contribution in [3.8, 4) is 12.3 Å². The number of para-hydroxylation sites is 1. The topological polar surface area (TPSA) is 63.4 Å². The zero-order chi connectivity index (χ0) is 14.0. The van der Waals surface area contributed by atoms with Crippen molar-refractivity contribution in [2.75, 3.05) is 18.8 Å². The summed E-state index contributed by atoms with van der Waals surface area (Å²) in [5.74, 6) is 1.93. The molecule has 2 N–H and O–H groups in total. The third-order valence-corrected chi connectivity index (χ3v) is 4.93. The monoisotopic (exact) mass is 282 g/mol.